The maximum absolute atomic E-state index is 13.7. The predicted molar refractivity (Wildman–Crippen MR) is 186 cm³/mol. The van der Waals surface area contributed by atoms with Crippen molar-refractivity contribution in [2.45, 2.75) is 118 Å². The Kier molecular flexibility index (Phi) is 17.5. The molecule has 1 rings (SSSR count). The molecule has 15 heteroatoms. The molecule has 0 fully saturated rings. The van der Waals surface area contributed by atoms with Gasteiger partial charge in [-0.1, -0.05) is 41.5 Å². The van der Waals surface area contributed by atoms with Crippen LogP contribution >= 0.6 is 11.3 Å². The summed E-state index contributed by atoms with van der Waals surface area (Å²) in [6.45, 7) is 17.6. The Labute approximate surface area is 289 Å². The van der Waals surface area contributed by atoms with Crippen molar-refractivity contribution in [1.29, 1.82) is 0 Å². The van der Waals surface area contributed by atoms with Crippen molar-refractivity contribution in [2.75, 3.05) is 20.6 Å². The van der Waals surface area contributed by atoms with Gasteiger partial charge in [-0.05, 0) is 52.4 Å². The summed E-state index contributed by atoms with van der Waals surface area (Å²) in [4.78, 5) is 69.5. The van der Waals surface area contributed by atoms with E-state index in [2.05, 4.69) is 31.7 Å². The molecule has 0 aliphatic rings. The van der Waals surface area contributed by atoms with E-state index in [1.165, 1.54) is 16.3 Å². The number of carbonyl (C=O) groups excluding carboxylic acids is 5. The lowest BCUT2D eigenvalue weighted by molar-refractivity contribution is -0.134. The Hall–Kier alpha value is -3.30. The summed E-state index contributed by atoms with van der Waals surface area (Å²) in [5.74, 6) is -3.12. The van der Waals surface area contributed by atoms with Gasteiger partial charge in [-0.3, -0.25) is 24.6 Å². The summed E-state index contributed by atoms with van der Waals surface area (Å²) in [6.07, 6.45) is -1.13. The van der Waals surface area contributed by atoms with Crippen LogP contribution in [0.3, 0.4) is 0 Å². The number of aryl methyl sites for hydroxylation is 1. The number of ether oxygens (including phenoxy) is 1. The number of hydrazine groups is 1. The first kappa shape index (κ1) is 42.7. The number of carbonyl (C=O) groups is 5. The lowest BCUT2D eigenvalue weighted by atomic mass is 9.91. The third-order valence-corrected chi connectivity index (χ3v) is 8.21. The van der Waals surface area contributed by atoms with Gasteiger partial charge >= 0.3 is 6.09 Å². The fraction of sp³-hybridized carbons (Fsp3) is 0.758. The fourth-order valence-electron chi connectivity index (χ4n) is 4.73. The minimum atomic E-state index is -1.19. The Balaban J connectivity index is 3.10. The van der Waals surface area contributed by atoms with Gasteiger partial charge in [-0.2, -0.15) is 0 Å². The molecule has 0 aliphatic carbocycles. The largest absolute Gasteiger partial charge is 0.444 e. The van der Waals surface area contributed by atoms with Crippen LogP contribution < -0.4 is 26.7 Å². The fourth-order valence-corrected chi connectivity index (χ4v) is 5.63. The van der Waals surface area contributed by atoms with Gasteiger partial charge in [0.05, 0.1) is 23.7 Å². The van der Waals surface area contributed by atoms with Gasteiger partial charge in [0.1, 0.15) is 17.7 Å². The molecule has 1 heterocycles. The number of amides is 5. The first-order valence-corrected chi connectivity index (χ1v) is 17.4. The van der Waals surface area contributed by atoms with Gasteiger partial charge in [0.2, 0.25) is 17.7 Å². The third-order valence-electron chi connectivity index (χ3n) is 7.22. The molecule has 6 atom stereocenters. The van der Waals surface area contributed by atoms with E-state index in [0.717, 1.165) is 10.7 Å². The average Bonchev–Trinajstić information content (AvgIpc) is 3.35. The molecule has 6 unspecified atom stereocenters. The number of alkyl carbamates (subject to hydrolysis) is 1. The Morgan fingerprint density at radius 2 is 1.50 bits per heavy atom. The van der Waals surface area contributed by atoms with Crippen LogP contribution in [0.15, 0.2) is 5.38 Å². The van der Waals surface area contributed by atoms with Crippen molar-refractivity contribution >= 4 is 41.1 Å². The predicted octanol–water partition coefficient (Wildman–Crippen LogP) is 2.29. The maximum Gasteiger partial charge on any atom is 0.407 e. The summed E-state index contributed by atoms with van der Waals surface area (Å²) in [5, 5.41) is 26.4. The molecule has 1 aromatic heterocycles. The van der Waals surface area contributed by atoms with Crippen LogP contribution in [-0.4, -0.2) is 95.3 Å². The maximum atomic E-state index is 13.7. The second-order valence-corrected chi connectivity index (χ2v) is 15.4. The van der Waals surface area contributed by atoms with Crippen molar-refractivity contribution < 1.29 is 33.8 Å². The van der Waals surface area contributed by atoms with Crippen molar-refractivity contribution in [1.82, 2.24) is 36.7 Å². The molecule has 1 aromatic rings. The smallest absolute Gasteiger partial charge is 0.407 e. The quantitative estimate of drug-likeness (QED) is 0.125. The SMILES string of the molecule is Cc1csc(CC(C)C(=O)NC(CNC(=O)OC(C)(C)C)C(=O)NC(CC(C)C)C(O)CC(C)C(=O)NC(C(=O)NN(C)C)C(C)C)n1. The number of nitrogens with zero attached hydrogens (tertiary/aromatic N) is 2. The normalized spacial score (nSPS) is 15.6. The zero-order valence-corrected chi connectivity index (χ0v) is 31.5. The molecular weight excluding hydrogens is 638 g/mol. The summed E-state index contributed by atoms with van der Waals surface area (Å²) >= 11 is 1.45. The Morgan fingerprint density at radius 3 is 2.00 bits per heavy atom. The summed E-state index contributed by atoms with van der Waals surface area (Å²) in [7, 11) is 3.35. The van der Waals surface area contributed by atoms with E-state index in [9.17, 15) is 29.1 Å². The second kappa shape index (κ2) is 19.6. The van der Waals surface area contributed by atoms with Gasteiger partial charge in [0.25, 0.3) is 5.91 Å². The molecule has 0 radical (unpaired) electrons. The molecule has 0 aromatic carbocycles. The summed E-state index contributed by atoms with van der Waals surface area (Å²) < 4.78 is 5.31. The van der Waals surface area contributed by atoms with E-state index < -0.39 is 65.5 Å². The van der Waals surface area contributed by atoms with Gasteiger partial charge in [-0.25, -0.2) is 14.8 Å². The molecule has 0 spiro atoms. The molecule has 6 N–H and O–H groups in total. The first-order valence-electron chi connectivity index (χ1n) is 16.5. The zero-order valence-electron chi connectivity index (χ0n) is 30.7. The van der Waals surface area contributed by atoms with Crippen molar-refractivity contribution in [3.8, 4) is 0 Å². The molecule has 274 valence electrons. The van der Waals surface area contributed by atoms with E-state index in [1.807, 2.05) is 40.0 Å². The van der Waals surface area contributed by atoms with Gasteiger partial charge in [0.15, 0.2) is 0 Å². The molecule has 5 amide bonds. The number of nitrogens with one attached hydrogen (secondary N) is 5. The minimum Gasteiger partial charge on any atom is -0.444 e. The first-order chi connectivity index (χ1) is 22.1. The minimum absolute atomic E-state index is 0.00106. The second-order valence-electron chi connectivity index (χ2n) is 14.5. The number of aliphatic hydroxyl groups excluding tert-OH is 1. The zero-order chi connectivity index (χ0) is 36.9. The Morgan fingerprint density at radius 1 is 0.896 bits per heavy atom. The van der Waals surface area contributed by atoms with Crippen LogP contribution in [0.1, 0.15) is 85.9 Å². The third kappa shape index (κ3) is 16.2. The highest BCUT2D eigenvalue weighted by Gasteiger charge is 2.33. The topological polar surface area (TPSA) is 191 Å². The number of hydrogen-bond donors (Lipinski definition) is 6. The van der Waals surface area contributed by atoms with E-state index >= 15 is 0 Å². The van der Waals surface area contributed by atoms with Gasteiger partial charge in [-0.15, -0.1) is 11.3 Å². The number of aliphatic hydroxyl groups is 1. The van der Waals surface area contributed by atoms with E-state index in [-0.39, 0.29) is 30.7 Å². The number of hydrogen-bond acceptors (Lipinski definition) is 10. The van der Waals surface area contributed by atoms with Gasteiger partial charge < -0.3 is 31.1 Å². The monoisotopic (exact) mass is 697 g/mol. The summed E-state index contributed by atoms with van der Waals surface area (Å²) in [6, 6.07) is -2.74. The van der Waals surface area contributed by atoms with Crippen LogP contribution in [0.4, 0.5) is 4.79 Å². The molecule has 14 nitrogen and oxygen atoms in total. The van der Waals surface area contributed by atoms with Gasteiger partial charge in [0, 0.05) is 43.4 Å². The van der Waals surface area contributed by atoms with E-state index in [0.29, 0.717) is 12.8 Å². The lowest BCUT2D eigenvalue weighted by Crippen LogP contribution is -2.57. The molecule has 48 heavy (non-hydrogen) atoms. The molecule has 0 saturated heterocycles. The van der Waals surface area contributed by atoms with Crippen LogP contribution in [0.25, 0.3) is 0 Å². The highest BCUT2D eigenvalue weighted by molar-refractivity contribution is 7.09. The summed E-state index contributed by atoms with van der Waals surface area (Å²) in [5.41, 5.74) is 2.75. The van der Waals surface area contributed by atoms with Crippen molar-refractivity contribution in [2.24, 2.45) is 23.7 Å². The lowest BCUT2D eigenvalue weighted by Gasteiger charge is -2.30. The van der Waals surface area contributed by atoms with E-state index in [1.54, 1.807) is 48.7 Å². The average molecular weight is 698 g/mol. The molecular formula is C33H59N7O7S. The van der Waals surface area contributed by atoms with Crippen LogP contribution in [0.5, 0.6) is 0 Å². The van der Waals surface area contributed by atoms with Crippen LogP contribution in [-0.2, 0) is 30.3 Å². The van der Waals surface area contributed by atoms with Crippen molar-refractivity contribution in [3.63, 3.8) is 0 Å². The number of rotatable bonds is 18. The van der Waals surface area contributed by atoms with Crippen molar-refractivity contribution in [3.05, 3.63) is 16.1 Å². The highest BCUT2D eigenvalue weighted by Crippen LogP contribution is 2.18. The van der Waals surface area contributed by atoms with E-state index in [4.69, 9.17) is 4.74 Å². The standard InChI is InChI=1S/C33H59N7O7S/c1-18(2)13-23(25(41)14-20(5)29(43)38-27(19(3)4)31(45)39-40(11)12)36-30(44)24(16-34-32(46)47-33(8,9)10)37-28(42)21(6)15-26-35-22(7)17-48-26/h17-21,23-25,27,41H,13-16H2,1-12H3,(H,34,46)(H,36,44)(H,37,42)(H,38,43)(H,39,45). The molecule has 0 saturated carbocycles. The molecule has 0 bridgehead atoms. The number of thiazole rings is 1. The Bertz CT molecular complexity index is 1220. The van der Waals surface area contributed by atoms with Crippen LogP contribution in [0, 0.1) is 30.6 Å². The highest BCUT2D eigenvalue weighted by atomic mass is 32.1. The molecule has 0 aliphatic heterocycles. The van der Waals surface area contributed by atoms with Crippen LogP contribution in [0.2, 0.25) is 0 Å². The number of aromatic nitrogens is 1.